The van der Waals surface area contributed by atoms with Crippen molar-refractivity contribution in [2.45, 2.75) is 17.7 Å². The first-order valence-corrected chi connectivity index (χ1v) is 9.61. The van der Waals surface area contributed by atoms with Crippen LogP contribution in [0.2, 0.25) is 0 Å². The molecule has 2 rings (SSSR count). The van der Waals surface area contributed by atoms with Crippen LogP contribution in [-0.4, -0.2) is 47.4 Å². The lowest BCUT2D eigenvalue weighted by Gasteiger charge is -2.29. The zero-order valence-corrected chi connectivity index (χ0v) is 14.8. The maximum absolute atomic E-state index is 12.9. The fraction of sp³-hybridized carbons (Fsp3) is 0.412. The van der Waals surface area contributed by atoms with Crippen LogP contribution < -0.4 is 4.74 Å². The van der Waals surface area contributed by atoms with Gasteiger partial charge in [-0.05, 0) is 31.1 Å². The van der Waals surface area contributed by atoms with E-state index in [0.29, 0.717) is 36.6 Å². The van der Waals surface area contributed by atoms with E-state index in [9.17, 15) is 13.8 Å². The number of ether oxygens (including phenoxy) is 1. The molecule has 1 aromatic carbocycles. The molecule has 1 heterocycles. The Bertz CT molecular complexity index is 758. The van der Waals surface area contributed by atoms with Crippen molar-refractivity contribution < 1.29 is 18.5 Å². The number of benzene rings is 1. The summed E-state index contributed by atoms with van der Waals surface area (Å²) in [6.45, 7) is 4.43. The second-order valence-electron chi connectivity index (χ2n) is 5.69. The molecule has 1 aromatic rings. The largest absolute Gasteiger partial charge is 0.495 e. The van der Waals surface area contributed by atoms with Crippen molar-refractivity contribution >= 4 is 21.5 Å². The third-order valence-electron chi connectivity index (χ3n) is 4.07. The van der Waals surface area contributed by atoms with Crippen molar-refractivity contribution in [3.05, 3.63) is 36.9 Å². The van der Waals surface area contributed by atoms with Crippen LogP contribution in [0.4, 0.5) is 0 Å². The molecule has 0 spiro atoms. The highest BCUT2D eigenvalue weighted by molar-refractivity contribution is 7.93. The fourth-order valence-electron chi connectivity index (χ4n) is 2.70. The lowest BCUT2D eigenvalue weighted by atomic mass is 9.96. The lowest BCUT2D eigenvalue weighted by molar-refractivity contribution is -0.130. The quantitative estimate of drug-likeness (QED) is 0.779. The first-order chi connectivity index (χ1) is 11.4. The Morgan fingerprint density at radius 3 is 2.54 bits per heavy atom. The van der Waals surface area contributed by atoms with Gasteiger partial charge >= 0.3 is 0 Å². The molecule has 1 fully saturated rings. The molecule has 2 amide bonds. The van der Waals surface area contributed by atoms with Gasteiger partial charge in [0, 0.05) is 25.3 Å². The summed E-state index contributed by atoms with van der Waals surface area (Å²) < 4.78 is 22.1. The van der Waals surface area contributed by atoms with Gasteiger partial charge in [0.15, 0.2) is 0 Å². The molecule has 1 saturated heterocycles. The first kappa shape index (κ1) is 18.2. The Morgan fingerprint density at radius 1 is 1.33 bits per heavy atom. The normalized spacial score (nSPS) is 17.7. The van der Waals surface area contributed by atoms with Crippen LogP contribution in [0, 0.1) is 5.92 Å². The maximum Gasteiger partial charge on any atom is 0.257 e. The molecule has 1 atom stereocenters. The average molecular weight is 350 g/mol. The second-order valence-corrected chi connectivity index (χ2v) is 7.91. The van der Waals surface area contributed by atoms with Gasteiger partial charge in [-0.15, -0.1) is 0 Å². The van der Waals surface area contributed by atoms with Crippen molar-refractivity contribution in [2.75, 3.05) is 26.5 Å². The second kappa shape index (κ2) is 7.61. The summed E-state index contributed by atoms with van der Waals surface area (Å²) in [4.78, 5) is 26.1. The molecule has 0 aliphatic carbocycles. The van der Waals surface area contributed by atoms with Gasteiger partial charge in [-0.25, -0.2) is 4.21 Å². The number of nitrogens with zero attached hydrogens (tertiary/aromatic N) is 2. The molecule has 0 aromatic heterocycles. The minimum absolute atomic E-state index is 0.133. The van der Waals surface area contributed by atoms with E-state index in [1.54, 1.807) is 29.2 Å². The predicted octanol–water partition coefficient (Wildman–Crippen LogP) is 2.10. The smallest absolute Gasteiger partial charge is 0.257 e. The van der Waals surface area contributed by atoms with Gasteiger partial charge in [0.25, 0.3) is 5.91 Å². The number of carbonyl (C=O) groups is 2. The summed E-state index contributed by atoms with van der Waals surface area (Å²) >= 11 is 0. The molecule has 0 bridgehead atoms. The van der Waals surface area contributed by atoms with E-state index in [0.717, 1.165) is 0 Å². The molecular weight excluding hydrogens is 328 g/mol. The standard InChI is InChI=1S/C17H22N2O4S/c1-4-16(20)19-11-9-13(10-12-19)17(21)18-24(3,22)15-8-6-5-7-14(15)23-2/h4-8,13H,1,9-12H2,2-3H3. The number of hydrogen-bond donors (Lipinski definition) is 0. The van der Waals surface area contributed by atoms with Gasteiger partial charge in [0.1, 0.15) is 5.75 Å². The first-order valence-electron chi connectivity index (χ1n) is 7.69. The zero-order chi connectivity index (χ0) is 17.7. The number of amides is 2. The molecule has 7 heteroatoms. The highest BCUT2D eigenvalue weighted by Gasteiger charge is 2.27. The number of hydrogen-bond acceptors (Lipinski definition) is 4. The van der Waals surface area contributed by atoms with Crippen molar-refractivity contribution in [2.24, 2.45) is 10.3 Å². The van der Waals surface area contributed by atoms with Crippen molar-refractivity contribution in [3.8, 4) is 5.75 Å². The van der Waals surface area contributed by atoms with Crippen LogP contribution in [0.25, 0.3) is 0 Å². The Balaban J connectivity index is 2.16. The highest BCUT2D eigenvalue weighted by Crippen LogP contribution is 2.26. The van der Waals surface area contributed by atoms with E-state index in [1.165, 1.54) is 19.4 Å². The predicted molar refractivity (Wildman–Crippen MR) is 92.3 cm³/mol. The van der Waals surface area contributed by atoms with Gasteiger partial charge in [-0.3, -0.25) is 9.59 Å². The molecule has 130 valence electrons. The minimum Gasteiger partial charge on any atom is -0.495 e. The molecule has 24 heavy (non-hydrogen) atoms. The van der Waals surface area contributed by atoms with E-state index < -0.39 is 9.73 Å². The number of rotatable bonds is 4. The Hall–Kier alpha value is -2.15. The average Bonchev–Trinajstić information content (AvgIpc) is 2.60. The van der Waals surface area contributed by atoms with Crippen LogP contribution in [0.15, 0.2) is 46.2 Å². The van der Waals surface area contributed by atoms with Gasteiger partial charge < -0.3 is 9.64 Å². The molecule has 0 N–H and O–H groups in total. The summed E-state index contributed by atoms with van der Waals surface area (Å²) in [7, 11) is -1.39. The molecule has 1 aliphatic rings. The third kappa shape index (κ3) is 4.03. The lowest BCUT2D eigenvalue weighted by Crippen LogP contribution is -2.39. The molecule has 1 unspecified atom stereocenters. The van der Waals surface area contributed by atoms with Gasteiger partial charge in [0.05, 0.1) is 21.7 Å². The van der Waals surface area contributed by atoms with Crippen molar-refractivity contribution in [3.63, 3.8) is 0 Å². The SMILES string of the molecule is C=CC(=O)N1CCC(C(=O)N=S(C)(=O)c2ccccc2OC)CC1. The highest BCUT2D eigenvalue weighted by atomic mass is 32.2. The Labute approximate surface area is 142 Å². The van der Waals surface area contributed by atoms with E-state index in [-0.39, 0.29) is 17.7 Å². The van der Waals surface area contributed by atoms with Crippen LogP contribution in [0.5, 0.6) is 5.75 Å². The minimum atomic E-state index is -2.88. The van der Waals surface area contributed by atoms with Crippen LogP contribution in [-0.2, 0) is 19.3 Å². The van der Waals surface area contributed by atoms with E-state index in [4.69, 9.17) is 4.74 Å². The summed E-state index contributed by atoms with van der Waals surface area (Å²) in [5.74, 6) is -0.368. The fourth-order valence-corrected chi connectivity index (χ4v) is 4.15. The van der Waals surface area contributed by atoms with Crippen LogP contribution >= 0.6 is 0 Å². The Morgan fingerprint density at radius 2 is 1.96 bits per heavy atom. The van der Waals surface area contributed by atoms with Gasteiger partial charge in [0.2, 0.25) is 5.91 Å². The third-order valence-corrected chi connectivity index (χ3v) is 5.75. The summed E-state index contributed by atoms with van der Waals surface area (Å²) in [6.07, 6.45) is 3.75. The monoisotopic (exact) mass is 350 g/mol. The number of methoxy groups -OCH3 is 1. The number of likely N-dealkylation sites (tertiary alicyclic amines) is 1. The molecule has 0 radical (unpaired) electrons. The maximum atomic E-state index is 12.9. The Kier molecular flexibility index (Phi) is 5.77. The van der Waals surface area contributed by atoms with Gasteiger partial charge in [-0.2, -0.15) is 4.36 Å². The summed E-state index contributed by atoms with van der Waals surface area (Å²) in [5.41, 5.74) is 0. The van der Waals surface area contributed by atoms with E-state index in [1.807, 2.05) is 0 Å². The molecular formula is C17H22N2O4S. The van der Waals surface area contributed by atoms with E-state index >= 15 is 0 Å². The molecule has 6 nitrogen and oxygen atoms in total. The summed E-state index contributed by atoms with van der Waals surface area (Å²) in [5, 5.41) is 0. The van der Waals surface area contributed by atoms with Crippen LogP contribution in [0.1, 0.15) is 12.8 Å². The number of carbonyl (C=O) groups excluding carboxylic acids is 2. The van der Waals surface area contributed by atoms with Crippen LogP contribution in [0.3, 0.4) is 0 Å². The summed E-state index contributed by atoms with van der Waals surface area (Å²) in [6, 6.07) is 6.85. The number of piperidine rings is 1. The topological polar surface area (TPSA) is 76.0 Å². The van der Waals surface area contributed by atoms with Crippen molar-refractivity contribution in [1.29, 1.82) is 0 Å². The van der Waals surface area contributed by atoms with Crippen molar-refractivity contribution in [1.82, 2.24) is 4.90 Å². The number of para-hydroxylation sites is 1. The zero-order valence-electron chi connectivity index (χ0n) is 13.9. The molecule has 1 aliphatic heterocycles. The molecule has 0 saturated carbocycles. The van der Waals surface area contributed by atoms with Gasteiger partial charge in [-0.1, -0.05) is 18.7 Å². The van der Waals surface area contributed by atoms with E-state index in [2.05, 4.69) is 10.9 Å².